The predicted octanol–water partition coefficient (Wildman–Crippen LogP) is 6.28. The van der Waals surface area contributed by atoms with Gasteiger partial charge in [-0.3, -0.25) is 4.79 Å². The number of carbonyl (C=O) groups is 1. The van der Waals surface area contributed by atoms with Gasteiger partial charge in [-0.05, 0) is 85.4 Å². The van der Waals surface area contributed by atoms with Gasteiger partial charge in [-0.15, -0.1) is 0 Å². The van der Waals surface area contributed by atoms with Crippen LogP contribution in [-0.4, -0.2) is 30.6 Å². The fraction of sp³-hybridized carbons (Fsp3) is 0.897. The van der Waals surface area contributed by atoms with Crippen molar-refractivity contribution in [1.29, 1.82) is 0 Å². The van der Waals surface area contributed by atoms with Crippen molar-refractivity contribution in [3.63, 3.8) is 0 Å². The molecule has 0 aromatic rings. The second-order valence-corrected chi connectivity index (χ2v) is 13.3. The van der Waals surface area contributed by atoms with E-state index >= 15 is 0 Å². The molecule has 0 N–H and O–H groups in total. The highest BCUT2D eigenvalue weighted by Gasteiger charge is 2.68. The maximum absolute atomic E-state index is 11.5. The van der Waals surface area contributed by atoms with Crippen LogP contribution < -0.4 is 0 Å². The standard InChI is InChI=1S/C29H44O4/c1-17-8-13-29(31-16-17)18(2)26-25(33-29)15-24-22-7-6-20-14-21(32-19(3)30)9-11-27(20,4)23(22)10-12-28(24,26)5/h6,17-18,21-26H,7-16H2,1-5H3/t17?,18-,21-,22+,23-,24-,25-,26-,27-,28-,29+/m0/s1. The van der Waals surface area contributed by atoms with Gasteiger partial charge in [-0.2, -0.15) is 0 Å². The number of ether oxygens (including phenoxy) is 3. The second kappa shape index (κ2) is 7.56. The molecule has 0 amide bonds. The van der Waals surface area contributed by atoms with E-state index in [-0.39, 0.29) is 23.3 Å². The van der Waals surface area contributed by atoms with Crippen LogP contribution in [0.1, 0.15) is 92.4 Å². The molecular formula is C29H44O4. The van der Waals surface area contributed by atoms with Gasteiger partial charge in [0.2, 0.25) is 0 Å². The van der Waals surface area contributed by atoms with Gasteiger partial charge in [-0.25, -0.2) is 0 Å². The molecule has 0 radical (unpaired) electrons. The first kappa shape index (κ1) is 22.6. The Morgan fingerprint density at radius 1 is 1.09 bits per heavy atom. The molecule has 2 saturated heterocycles. The molecule has 5 fully saturated rings. The average molecular weight is 457 g/mol. The summed E-state index contributed by atoms with van der Waals surface area (Å²) in [5.41, 5.74) is 2.24. The highest BCUT2D eigenvalue weighted by Crippen LogP contribution is 2.70. The molecule has 0 aromatic carbocycles. The number of fused-ring (bicyclic) bond motifs is 7. The minimum atomic E-state index is -0.312. The number of rotatable bonds is 1. The first-order valence-electron chi connectivity index (χ1n) is 13.8. The molecule has 0 aromatic heterocycles. The molecule has 6 aliphatic rings. The lowest BCUT2D eigenvalue weighted by atomic mass is 9.47. The zero-order valence-electron chi connectivity index (χ0n) is 21.4. The molecule has 33 heavy (non-hydrogen) atoms. The summed E-state index contributed by atoms with van der Waals surface area (Å²) in [5.74, 6) is 3.64. The van der Waals surface area contributed by atoms with E-state index in [1.807, 2.05) is 0 Å². The van der Waals surface area contributed by atoms with Gasteiger partial charge >= 0.3 is 5.97 Å². The minimum Gasteiger partial charge on any atom is -0.462 e. The fourth-order valence-corrected chi connectivity index (χ4v) is 9.98. The van der Waals surface area contributed by atoms with Gasteiger partial charge in [0.1, 0.15) is 6.10 Å². The number of carbonyl (C=O) groups excluding carboxylic acids is 1. The Balaban J connectivity index is 1.24. The lowest BCUT2D eigenvalue weighted by Crippen LogP contribution is -2.52. The number of esters is 1. The number of hydrogen-bond acceptors (Lipinski definition) is 4. The summed E-state index contributed by atoms with van der Waals surface area (Å²) in [6, 6.07) is 0. The second-order valence-electron chi connectivity index (χ2n) is 13.3. The van der Waals surface area contributed by atoms with E-state index in [0.717, 1.165) is 50.0 Å². The van der Waals surface area contributed by atoms with Crippen molar-refractivity contribution in [3.05, 3.63) is 11.6 Å². The van der Waals surface area contributed by atoms with Crippen LogP contribution in [0.15, 0.2) is 11.6 Å². The number of hydrogen-bond donors (Lipinski definition) is 0. The van der Waals surface area contributed by atoms with Crippen molar-refractivity contribution < 1.29 is 19.0 Å². The highest BCUT2D eigenvalue weighted by molar-refractivity contribution is 5.66. The maximum Gasteiger partial charge on any atom is 0.302 e. The van der Waals surface area contributed by atoms with Crippen LogP contribution in [0, 0.1) is 46.3 Å². The van der Waals surface area contributed by atoms with Crippen LogP contribution in [-0.2, 0) is 19.0 Å². The molecule has 4 nitrogen and oxygen atoms in total. The van der Waals surface area contributed by atoms with Gasteiger partial charge in [-0.1, -0.05) is 39.3 Å². The summed E-state index contributed by atoms with van der Waals surface area (Å²) in [4.78, 5) is 11.5. The van der Waals surface area contributed by atoms with Crippen molar-refractivity contribution >= 4 is 5.97 Å². The van der Waals surface area contributed by atoms with Crippen molar-refractivity contribution in [3.8, 4) is 0 Å². The van der Waals surface area contributed by atoms with E-state index in [4.69, 9.17) is 14.2 Å². The topological polar surface area (TPSA) is 44.8 Å². The molecule has 11 atom stereocenters. The summed E-state index contributed by atoms with van der Waals surface area (Å²) in [5, 5.41) is 0. The van der Waals surface area contributed by atoms with Crippen LogP contribution in [0.3, 0.4) is 0 Å². The lowest BCUT2D eigenvalue weighted by molar-refractivity contribution is -0.272. The molecule has 184 valence electrons. The monoisotopic (exact) mass is 456 g/mol. The zero-order valence-corrected chi connectivity index (χ0v) is 21.4. The Morgan fingerprint density at radius 3 is 2.64 bits per heavy atom. The van der Waals surface area contributed by atoms with Crippen molar-refractivity contribution in [1.82, 2.24) is 0 Å². The average Bonchev–Trinajstić information content (AvgIpc) is 3.21. The van der Waals surface area contributed by atoms with Crippen molar-refractivity contribution in [2.75, 3.05) is 6.61 Å². The van der Waals surface area contributed by atoms with Gasteiger partial charge in [0, 0.05) is 25.7 Å². The Labute approximate surface area is 200 Å². The highest BCUT2D eigenvalue weighted by atomic mass is 16.7. The van der Waals surface area contributed by atoms with Crippen molar-refractivity contribution in [2.24, 2.45) is 46.3 Å². The third-order valence-corrected chi connectivity index (χ3v) is 11.7. The van der Waals surface area contributed by atoms with Crippen LogP contribution in [0.5, 0.6) is 0 Å². The molecule has 4 heteroatoms. The van der Waals surface area contributed by atoms with E-state index in [9.17, 15) is 4.79 Å². The van der Waals surface area contributed by atoms with Gasteiger partial charge in [0.25, 0.3) is 0 Å². The third-order valence-electron chi connectivity index (χ3n) is 11.7. The third kappa shape index (κ3) is 3.18. The first-order valence-corrected chi connectivity index (χ1v) is 13.8. The molecule has 1 spiro atoms. The lowest BCUT2D eigenvalue weighted by Gasteiger charge is -2.58. The van der Waals surface area contributed by atoms with Crippen molar-refractivity contribution in [2.45, 2.75) is 110 Å². The molecule has 3 saturated carbocycles. The Kier molecular flexibility index (Phi) is 5.18. The van der Waals surface area contributed by atoms with Gasteiger partial charge in [0.15, 0.2) is 5.79 Å². The minimum absolute atomic E-state index is 0.0849. The van der Waals surface area contributed by atoms with E-state index in [0.29, 0.717) is 29.3 Å². The summed E-state index contributed by atoms with van der Waals surface area (Å²) >= 11 is 0. The fourth-order valence-electron chi connectivity index (χ4n) is 9.98. The molecule has 4 aliphatic carbocycles. The van der Waals surface area contributed by atoms with E-state index in [1.165, 1.54) is 32.1 Å². The SMILES string of the molecule is CC(=O)O[C@H]1CC[C@@]2(C)C(=CC[C@H]3[C@@H]4C[C@@H]5O[C@]6(CCC(C)CO6)[C@@H](C)[C@@H]5[C@@]4(C)CC[C@@H]32)C1. The summed E-state index contributed by atoms with van der Waals surface area (Å²) in [7, 11) is 0. The molecule has 0 bridgehead atoms. The van der Waals surface area contributed by atoms with E-state index in [1.54, 1.807) is 12.5 Å². The van der Waals surface area contributed by atoms with Crippen LogP contribution in [0.4, 0.5) is 0 Å². The molecule has 6 rings (SSSR count). The van der Waals surface area contributed by atoms with Crippen LogP contribution in [0.2, 0.25) is 0 Å². The summed E-state index contributed by atoms with van der Waals surface area (Å²) in [6.07, 6.45) is 13.6. The van der Waals surface area contributed by atoms with Crippen LogP contribution >= 0.6 is 0 Å². The molecule has 2 heterocycles. The van der Waals surface area contributed by atoms with Gasteiger partial charge in [0.05, 0.1) is 12.7 Å². The molecular weight excluding hydrogens is 412 g/mol. The predicted molar refractivity (Wildman–Crippen MR) is 127 cm³/mol. The summed E-state index contributed by atoms with van der Waals surface area (Å²) in [6.45, 7) is 12.3. The quantitative estimate of drug-likeness (QED) is 0.344. The Hall–Kier alpha value is -0.870. The first-order chi connectivity index (χ1) is 15.7. The maximum atomic E-state index is 11.5. The van der Waals surface area contributed by atoms with E-state index in [2.05, 4.69) is 33.8 Å². The zero-order chi connectivity index (χ0) is 23.2. The Bertz CT molecular complexity index is 841. The molecule has 2 aliphatic heterocycles. The largest absolute Gasteiger partial charge is 0.462 e. The smallest absolute Gasteiger partial charge is 0.302 e. The van der Waals surface area contributed by atoms with Crippen LogP contribution in [0.25, 0.3) is 0 Å². The molecule has 1 unspecified atom stereocenters. The van der Waals surface area contributed by atoms with Gasteiger partial charge < -0.3 is 14.2 Å². The summed E-state index contributed by atoms with van der Waals surface area (Å²) < 4.78 is 19.0. The van der Waals surface area contributed by atoms with E-state index < -0.39 is 0 Å². The normalized spacial score (nSPS) is 55.2. The Morgan fingerprint density at radius 2 is 1.91 bits per heavy atom. The number of allylic oxidation sites excluding steroid dienone is 1.